The zero-order valence-electron chi connectivity index (χ0n) is 14.5. The van der Waals surface area contributed by atoms with Crippen LogP contribution in [0.5, 0.6) is 0 Å². The predicted octanol–water partition coefficient (Wildman–Crippen LogP) is 4.66. The number of hydrogen-bond donors (Lipinski definition) is 1. The summed E-state index contributed by atoms with van der Waals surface area (Å²) in [7, 11) is 0. The van der Waals surface area contributed by atoms with Crippen LogP contribution < -0.4 is 4.90 Å². The largest absolute Gasteiger partial charge is 0.435 e. The smallest absolute Gasteiger partial charge is 0.351 e. The lowest BCUT2D eigenvalue weighted by molar-refractivity contribution is -0.141. The first-order chi connectivity index (χ1) is 13.5. The molecule has 4 heterocycles. The van der Waals surface area contributed by atoms with Crippen molar-refractivity contribution >= 4 is 28.1 Å². The van der Waals surface area contributed by atoms with Crippen molar-refractivity contribution in [1.29, 1.82) is 0 Å². The average molecular weight is 401 g/mol. The van der Waals surface area contributed by atoms with E-state index in [1.807, 2.05) is 46.7 Å². The molecule has 0 unspecified atom stereocenters. The summed E-state index contributed by atoms with van der Waals surface area (Å²) in [5.74, 6) is 1.23. The highest BCUT2D eigenvalue weighted by atomic mass is 32.1. The van der Waals surface area contributed by atoms with Gasteiger partial charge in [0, 0.05) is 36.2 Å². The Morgan fingerprint density at radius 1 is 1.07 bits per heavy atom. The lowest BCUT2D eigenvalue weighted by atomic mass is 10.0. The Balaban J connectivity index is 1.63. The van der Waals surface area contributed by atoms with E-state index in [1.54, 1.807) is 0 Å². The van der Waals surface area contributed by atoms with Crippen LogP contribution in [0.1, 0.15) is 17.0 Å². The Hall–Kier alpha value is -2.94. The number of hydrogen-bond acceptors (Lipinski definition) is 5. The molecule has 5 nitrogen and oxygen atoms in total. The number of aromatic amines is 1. The molecular weight excluding hydrogens is 387 g/mol. The van der Waals surface area contributed by atoms with Crippen molar-refractivity contribution in [3.63, 3.8) is 0 Å². The van der Waals surface area contributed by atoms with Crippen LogP contribution in [-0.2, 0) is 19.1 Å². The topological polar surface area (TPSA) is 57.7 Å². The summed E-state index contributed by atoms with van der Waals surface area (Å²) in [4.78, 5) is 12.2. The van der Waals surface area contributed by atoms with Crippen molar-refractivity contribution in [3.05, 3.63) is 58.7 Å². The summed E-state index contributed by atoms with van der Waals surface area (Å²) < 4.78 is 39.9. The fraction of sp³-hybridized carbons (Fsp3) is 0.211. The van der Waals surface area contributed by atoms with Crippen LogP contribution in [0.15, 0.2) is 41.8 Å². The van der Waals surface area contributed by atoms with Crippen LogP contribution >= 0.6 is 11.3 Å². The molecule has 0 fully saturated rings. The third-order valence-corrected chi connectivity index (χ3v) is 5.69. The number of H-pyrrole nitrogens is 1. The minimum Gasteiger partial charge on any atom is -0.351 e. The van der Waals surface area contributed by atoms with Gasteiger partial charge in [0.1, 0.15) is 5.82 Å². The molecule has 0 bridgehead atoms. The summed E-state index contributed by atoms with van der Waals surface area (Å²) in [5.41, 5.74) is 0.661. The molecule has 1 aromatic carbocycles. The second-order valence-electron chi connectivity index (χ2n) is 6.56. The van der Waals surface area contributed by atoms with Gasteiger partial charge in [0.05, 0.1) is 10.4 Å². The van der Waals surface area contributed by atoms with Gasteiger partial charge in [-0.2, -0.15) is 18.3 Å². The van der Waals surface area contributed by atoms with Crippen molar-refractivity contribution in [2.24, 2.45) is 0 Å². The third-order valence-electron chi connectivity index (χ3n) is 4.83. The normalized spacial score (nSPS) is 14.5. The molecule has 142 valence electrons. The Labute approximate surface area is 161 Å². The molecular formula is C19H14F3N5S. The van der Waals surface area contributed by atoms with Crippen molar-refractivity contribution in [1.82, 2.24) is 20.2 Å². The Morgan fingerprint density at radius 3 is 2.71 bits per heavy atom. The molecule has 4 aromatic rings. The second-order valence-corrected chi connectivity index (χ2v) is 7.51. The number of thiophene rings is 1. The van der Waals surface area contributed by atoms with E-state index in [0.29, 0.717) is 30.3 Å². The molecule has 1 aliphatic heterocycles. The molecule has 0 atom stereocenters. The SMILES string of the molecule is FC(F)(F)c1n[nH]c2c1CN(c1nc(-c3cccs3)nc3ccccc13)CC2. The zero-order chi connectivity index (χ0) is 19.3. The zero-order valence-corrected chi connectivity index (χ0v) is 15.3. The highest BCUT2D eigenvalue weighted by Crippen LogP contribution is 2.36. The van der Waals surface area contributed by atoms with Crippen molar-refractivity contribution in [2.45, 2.75) is 19.1 Å². The maximum atomic E-state index is 13.3. The summed E-state index contributed by atoms with van der Waals surface area (Å²) in [5, 5.41) is 8.83. The average Bonchev–Trinajstić information content (AvgIpc) is 3.36. The number of nitrogens with zero attached hydrogens (tertiary/aromatic N) is 4. The van der Waals surface area contributed by atoms with Crippen LogP contribution in [0.3, 0.4) is 0 Å². The fourth-order valence-electron chi connectivity index (χ4n) is 3.53. The van der Waals surface area contributed by atoms with E-state index < -0.39 is 11.9 Å². The fourth-order valence-corrected chi connectivity index (χ4v) is 4.18. The van der Waals surface area contributed by atoms with E-state index in [1.165, 1.54) is 11.3 Å². The highest BCUT2D eigenvalue weighted by molar-refractivity contribution is 7.13. The molecule has 9 heteroatoms. The van der Waals surface area contributed by atoms with E-state index in [-0.39, 0.29) is 12.1 Å². The molecule has 0 aliphatic carbocycles. The van der Waals surface area contributed by atoms with Gasteiger partial charge in [-0.05, 0) is 23.6 Å². The lowest BCUT2D eigenvalue weighted by Gasteiger charge is -2.29. The third kappa shape index (κ3) is 2.82. The van der Waals surface area contributed by atoms with Gasteiger partial charge in [0.2, 0.25) is 0 Å². The Kier molecular flexibility index (Phi) is 3.87. The maximum absolute atomic E-state index is 13.3. The maximum Gasteiger partial charge on any atom is 0.435 e. The standard InChI is InChI=1S/C19H14F3N5S/c20-19(21,22)16-12-10-27(8-7-14(12)25-26-16)18-11-4-1-2-5-13(11)23-17(24-18)15-6-3-9-28-15/h1-6,9H,7-8,10H2,(H,25,26). The van der Waals surface area contributed by atoms with Crippen molar-refractivity contribution in [3.8, 4) is 10.7 Å². The van der Waals surface area contributed by atoms with E-state index in [9.17, 15) is 13.2 Å². The summed E-state index contributed by atoms with van der Waals surface area (Å²) in [6, 6.07) is 11.4. The van der Waals surface area contributed by atoms with Crippen LogP contribution in [0, 0.1) is 0 Å². The molecule has 1 aliphatic rings. The number of rotatable bonds is 2. The second kappa shape index (κ2) is 6.30. The molecule has 1 N–H and O–H groups in total. The van der Waals surface area contributed by atoms with Gasteiger partial charge in [-0.3, -0.25) is 5.10 Å². The molecule has 0 amide bonds. The molecule has 28 heavy (non-hydrogen) atoms. The number of alkyl halides is 3. The van der Waals surface area contributed by atoms with Crippen LogP contribution in [-0.4, -0.2) is 26.7 Å². The monoisotopic (exact) mass is 401 g/mol. The lowest BCUT2D eigenvalue weighted by Crippen LogP contribution is -2.32. The number of aromatic nitrogens is 4. The van der Waals surface area contributed by atoms with Gasteiger partial charge < -0.3 is 4.90 Å². The number of anilines is 1. The Morgan fingerprint density at radius 2 is 1.93 bits per heavy atom. The highest BCUT2D eigenvalue weighted by Gasteiger charge is 2.39. The van der Waals surface area contributed by atoms with Gasteiger partial charge in [-0.25, -0.2) is 9.97 Å². The molecule has 0 saturated heterocycles. The molecule has 0 saturated carbocycles. The van der Waals surface area contributed by atoms with E-state index >= 15 is 0 Å². The van der Waals surface area contributed by atoms with Gasteiger partial charge in [-0.1, -0.05) is 18.2 Å². The van der Waals surface area contributed by atoms with Crippen LogP contribution in [0.25, 0.3) is 21.6 Å². The quantitative estimate of drug-likeness (QED) is 0.531. The minimum atomic E-state index is -4.48. The van der Waals surface area contributed by atoms with Crippen molar-refractivity contribution in [2.75, 3.05) is 11.4 Å². The first kappa shape index (κ1) is 17.2. The Bertz CT molecular complexity index is 1150. The van der Waals surface area contributed by atoms with Crippen molar-refractivity contribution < 1.29 is 13.2 Å². The number of para-hydroxylation sites is 1. The van der Waals surface area contributed by atoms with Gasteiger partial charge in [0.15, 0.2) is 11.5 Å². The number of halogens is 3. The van der Waals surface area contributed by atoms with Crippen LogP contribution in [0.2, 0.25) is 0 Å². The number of fused-ring (bicyclic) bond motifs is 2. The van der Waals surface area contributed by atoms with Gasteiger partial charge in [-0.15, -0.1) is 11.3 Å². The first-order valence-electron chi connectivity index (χ1n) is 8.69. The van der Waals surface area contributed by atoms with Gasteiger partial charge >= 0.3 is 6.18 Å². The van der Waals surface area contributed by atoms with E-state index in [2.05, 4.69) is 15.2 Å². The van der Waals surface area contributed by atoms with Gasteiger partial charge in [0.25, 0.3) is 0 Å². The summed E-state index contributed by atoms with van der Waals surface area (Å²) >= 11 is 1.53. The molecule has 5 rings (SSSR count). The number of nitrogens with one attached hydrogen (secondary N) is 1. The predicted molar refractivity (Wildman–Crippen MR) is 101 cm³/mol. The molecule has 0 spiro atoms. The minimum absolute atomic E-state index is 0.103. The summed E-state index contributed by atoms with van der Waals surface area (Å²) in [6.07, 6.45) is -4.03. The molecule has 0 radical (unpaired) electrons. The van der Waals surface area contributed by atoms with Crippen LogP contribution in [0.4, 0.5) is 19.0 Å². The summed E-state index contributed by atoms with van der Waals surface area (Å²) in [6.45, 7) is 0.656. The molecule has 3 aromatic heterocycles. The van der Waals surface area contributed by atoms with E-state index in [4.69, 9.17) is 4.98 Å². The van der Waals surface area contributed by atoms with E-state index in [0.717, 1.165) is 15.8 Å². The number of benzene rings is 1. The first-order valence-corrected chi connectivity index (χ1v) is 9.57.